The molecule has 5 fully saturated rings. The number of carbonyl (C=O) groups excluding carboxylic acids is 1. The van der Waals surface area contributed by atoms with E-state index in [0.717, 1.165) is 23.3 Å². The summed E-state index contributed by atoms with van der Waals surface area (Å²) in [6.07, 6.45) is 9.99. The Kier molecular flexibility index (Phi) is 4.17. The maximum Gasteiger partial charge on any atom is 0.264 e. The number of aromatic nitrogens is 2. The van der Waals surface area contributed by atoms with Gasteiger partial charge in [-0.1, -0.05) is 41.7 Å². The molecule has 2 heterocycles. The van der Waals surface area contributed by atoms with Crippen molar-refractivity contribution in [3.8, 4) is 0 Å². The molecule has 7 rings (SSSR count). The molecule has 5 aliphatic rings. The predicted molar refractivity (Wildman–Crippen MR) is 117 cm³/mol. The fraction of sp³-hybridized carbons (Fsp3) is 0.455. The molecule has 5 nitrogen and oxygen atoms in total. The second kappa shape index (κ2) is 6.77. The summed E-state index contributed by atoms with van der Waals surface area (Å²) in [6, 6.07) is 9.86. The summed E-state index contributed by atoms with van der Waals surface area (Å²) in [6.45, 7) is 0. The van der Waals surface area contributed by atoms with Gasteiger partial charge in [0.2, 0.25) is 5.13 Å². The second-order valence-corrected chi connectivity index (χ2v) is 11.0. The lowest BCUT2D eigenvalue weighted by molar-refractivity contribution is -0.115. The minimum absolute atomic E-state index is 0.108. The van der Waals surface area contributed by atoms with Crippen LogP contribution in [-0.4, -0.2) is 21.3 Å². The van der Waals surface area contributed by atoms with Crippen molar-refractivity contribution in [3.05, 3.63) is 45.8 Å². The SMILES string of the molecule is O=C1N/C(=N\c2nnc(C34CC5CC(CC(C5)C3)C4)s2)S/C1=C/c1ccccc1. The Bertz CT molecular complexity index is 991. The topological polar surface area (TPSA) is 67.2 Å². The van der Waals surface area contributed by atoms with Crippen LogP contribution >= 0.6 is 23.1 Å². The lowest BCUT2D eigenvalue weighted by atomic mass is 9.50. The van der Waals surface area contributed by atoms with Crippen molar-refractivity contribution in [2.75, 3.05) is 0 Å². The van der Waals surface area contributed by atoms with Crippen LogP contribution in [0.15, 0.2) is 40.2 Å². The molecule has 1 aliphatic heterocycles. The smallest absolute Gasteiger partial charge is 0.264 e. The predicted octanol–water partition coefficient (Wildman–Crippen LogP) is 4.90. The number of amides is 1. The van der Waals surface area contributed by atoms with Crippen molar-refractivity contribution in [1.29, 1.82) is 0 Å². The summed E-state index contributed by atoms with van der Waals surface area (Å²) in [7, 11) is 0. The van der Waals surface area contributed by atoms with Gasteiger partial charge in [0, 0.05) is 5.41 Å². The van der Waals surface area contributed by atoms with Gasteiger partial charge in [-0.15, -0.1) is 10.2 Å². The summed E-state index contributed by atoms with van der Waals surface area (Å²) in [5, 5.41) is 14.2. The molecule has 29 heavy (non-hydrogen) atoms. The minimum Gasteiger partial charge on any atom is -0.300 e. The first-order chi connectivity index (χ1) is 14.1. The third-order valence-corrected chi connectivity index (χ3v) is 8.83. The fourth-order valence-electron chi connectivity index (χ4n) is 6.12. The third kappa shape index (κ3) is 3.24. The Morgan fingerprint density at radius 1 is 1.03 bits per heavy atom. The highest BCUT2D eigenvalue weighted by molar-refractivity contribution is 8.18. The molecule has 1 N–H and O–H groups in total. The number of carbonyl (C=O) groups is 1. The van der Waals surface area contributed by atoms with Gasteiger partial charge in [-0.05, 0) is 79.7 Å². The van der Waals surface area contributed by atoms with E-state index < -0.39 is 0 Å². The molecule has 7 heteroatoms. The number of hydrogen-bond acceptors (Lipinski definition) is 6. The summed E-state index contributed by atoms with van der Waals surface area (Å²) in [5.41, 5.74) is 1.25. The molecule has 148 valence electrons. The molecule has 1 amide bonds. The first-order valence-corrected chi connectivity index (χ1v) is 12.0. The van der Waals surface area contributed by atoms with Gasteiger partial charge in [0.25, 0.3) is 5.91 Å². The Morgan fingerprint density at radius 2 is 1.72 bits per heavy atom. The number of nitrogens with zero attached hydrogens (tertiary/aromatic N) is 3. The van der Waals surface area contributed by atoms with Crippen LogP contribution in [0.2, 0.25) is 0 Å². The number of rotatable bonds is 3. The van der Waals surface area contributed by atoms with Crippen LogP contribution in [-0.2, 0) is 10.2 Å². The first kappa shape index (κ1) is 17.8. The Labute approximate surface area is 178 Å². The van der Waals surface area contributed by atoms with Crippen LogP contribution in [0.25, 0.3) is 6.08 Å². The molecule has 4 aliphatic carbocycles. The van der Waals surface area contributed by atoms with E-state index in [9.17, 15) is 4.79 Å². The maximum absolute atomic E-state index is 12.3. The molecular formula is C22H22N4OS2. The fourth-order valence-corrected chi connectivity index (χ4v) is 7.94. The number of nitrogens with one attached hydrogen (secondary N) is 1. The summed E-state index contributed by atoms with van der Waals surface area (Å²) >= 11 is 2.99. The van der Waals surface area contributed by atoms with E-state index in [2.05, 4.69) is 20.5 Å². The standard InChI is InChI=1S/C22H22N4OS2/c27-18-17(9-13-4-2-1-3-5-13)28-20(23-18)24-21-26-25-19(29-21)22-10-14-6-15(11-22)8-16(7-14)12-22/h1-5,9,14-16H,6-8,10-12H2,(H,23,24,26,27)/b17-9+. The molecule has 1 aromatic heterocycles. The van der Waals surface area contributed by atoms with Gasteiger partial charge >= 0.3 is 0 Å². The molecule has 0 spiro atoms. The zero-order valence-electron chi connectivity index (χ0n) is 16.0. The van der Waals surface area contributed by atoms with Gasteiger partial charge in [-0.25, -0.2) is 0 Å². The van der Waals surface area contributed by atoms with E-state index >= 15 is 0 Å². The minimum atomic E-state index is -0.108. The van der Waals surface area contributed by atoms with E-state index in [1.807, 2.05) is 36.4 Å². The number of thioether (sulfide) groups is 1. The highest BCUT2D eigenvalue weighted by atomic mass is 32.2. The van der Waals surface area contributed by atoms with Gasteiger partial charge in [0.05, 0.1) is 4.91 Å². The van der Waals surface area contributed by atoms with Crippen LogP contribution in [0, 0.1) is 17.8 Å². The monoisotopic (exact) mass is 422 g/mol. The zero-order valence-corrected chi connectivity index (χ0v) is 17.6. The van der Waals surface area contributed by atoms with Crippen LogP contribution in [0.4, 0.5) is 5.13 Å². The van der Waals surface area contributed by atoms with Crippen molar-refractivity contribution in [2.45, 2.75) is 43.9 Å². The van der Waals surface area contributed by atoms with Crippen LogP contribution in [0.1, 0.15) is 49.1 Å². The highest BCUT2D eigenvalue weighted by Crippen LogP contribution is 2.61. The van der Waals surface area contributed by atoms with Crippen molar-refractivity contribution in [1.82, 2.24) is 15.5 Å². The average molecular weight is 423 g/mol. The number of amidine groups is 1. The Morgan fingerprint density at radius 3 is 2.41 bits per heavy atom. The van der Waals surface area contributed by atoms with E-state index in [1.54, 1.807) is 11.3 Å². The zero-order chi connectivity index (χ0) is 19.4. The molecule has 0 unspecified atom stereocenters. The van der Waals surface area contributed by atoms with Gasteiger partial charge in [-0.3, -0.25) is 4.79 Å². The first-order valence-electron chi connectivity index (χ1n) is 10.3. The van der Waals surface area contributed by atoms with E-state index in [-0.39, 0.29) is 11.3 Å². The molecule has 1 saturated heterocycles. The molecule has 2 aromatic rings. The van der Waals surface area contributed by atoms with Crippen LogP contribution < -0.4 is 5.32 Å². The molecular weight excluding hydrogens is 400 g/mol. The normalized spacial score (nSPS) is 35.6. The molecule has 0 radical (unpaired) electrons. The van der Waals surface area contributed by atoms with Gasteiger partial charge in [0.1, 0.15) is 5.01 Å². The number of hydrogen-bond donors (Lipinski definition) is 1. The van der Waals surface area contributed by atoms with Gasteiger partial charge in [0.15, 0.2) is 5.17 Å². The van der Waals surface area contributed by atoms with Gasteiger partial charge < -0.3 is 5.32 Å². The lowest BCUT2D eigenvalue weighted by Gasteiger charge is -2.55. The summed E-state index contributed by atoms with van der Waals surface area (Å²) in [4.78, 5) is 17.6. The molecule has 0 atom stereocenters. The van der Waals surface area contributed by atoms with Crippen molar-refractivity contribution in [2.24, 2.45) is 22.7 Å². The lowest BCUT2D eigenvalue weighted by Crippen LogP contribution is -2.48. The van der Waals surface area contributed by atoms with E-state index in [1.165, 1.54) is 55.3 Å². The summed E-state index contributed by atoms with van der Waals surface area (Å²) in [5.74, 6) is 2.55. The van der Waals surface area contributed by atoms with Crippen LogP contribution in [0.5, 0.6) is 0 Å². The molecule has 4 saturated carbocycles. The van der Waals surface area contributed by atoms with Crippen molar-refractivity contribution < 1.29 is 4.79 Å². The Balaban J connectivity index is 1.23. The number of benzene rings is 1. The average Bonchev–Trinajstić information content (AvgIpc) is 3.29. The second-order valence-electron chi connectivity index (χ2n) is 8.98. The third-order valence-electron chi connectivity index (χ3n) is 6.85. The largest absolute Gasteiger partial charge is 0.300 e. The van der Waals surface area contributed by atoms with Crippen LogP contribution in [0.3, 0.4) is 0 Å². The quantitative estimate of drug-likeness (QED) is 0.715. The summed E-state index contributed by atoms with van der Waals surface area (Å²) < 4.78 is 0. The van der Waals surface area contributed by atoms with E-state index in [0.29, 0.717) is 15.2 Å². The highest BCUT2D eigenvalue weighted by Gasteiger charge is 2.53. The Hall–Kier alpha value is -1.99. The molecule has 4 bridgehead atoms. The maximum atomic E-state index is 12.3. The molecule has 1 aromatic carbocycles. The van der Waals surface area contributed by atoms with Crippen molar-refractivity contribution in [3.63, 3.8) is 0 Å². The van der Waals surface area contributed by atoms with Gasteiger partial charge in [-0.2, -0.15) is 4.99 Å². The van der Waals surface area contributed by atoms with E-state index in [4.69, 9.17) is 0 Å². The number of aliphatic imine (C=N–C) groups is 1. The van der Waals surface area contributed by atoms with Crippen molar-refractivity contribution >= 4 is 45.4 Å².